The van der Waals surface area contributed by atoms with Crippen LogP contribution in [0.5, 0.6) is 0 Å². The van der Waals surface area contributed by atoms with Crippen molar-refractivity contribution in [1.29, 1.82) is 0 Å². The van der Waals surface area contributed by atoms with Crippen molar-refractivity contribution in [3.05, 3.63) is 28.7 Å². The fourth-order valence-electron chi connectivity index (χ4n) is 1.52. The van der Waals surface area contributed by atoms with Crippen LogP contribution in [-0.2, 0) is 0 Å². The van der Waals surface area contributed by atoms with Crippen LogP contribution >= 0.6 is 40.3 Å². The van der Waals surface area contributed by atoms with Crippen LogP contribution in [0.3, 0.4) is 0 Å². The third kappa shape index (κ3) is 4.01. The number of thioether (sulfide) groups is 1. The molecule has 0 N–H and O–H groups in total. The van der Waals surface area contributed by atoms with E-state index in [0.29, 0.717) is 5.41 Å². The predicted molar refractivity (Wildman–Crippen MR) is 81.7 cm³/mol. The van der Waals surface area contributed by atoms with Gasteiger partial charge in [0.1, 0.15) is 0 Å². The van der Waals surface area contributed by atoms with Gasteiger partial charge in [0.2, 0.25) is 0 Å². The van der Waals surface area contributed by atoms with Crippen LogP contribution in [0, 0.1) is 5.41 Å². The number of halogens is 1. The summed E-state index contributed by atoms with van der Waals surface area (Å²) in [6, 6.07) is 8.51. The van der Waals surface area contributed by atoms with E-state index in [0.717, 1.165) is 16.0 Å². The molecule has 90 valence electrons. The topological polar surface area (TPSA) is 0 Å². The Morgan fingerprint density at radius 1 is 1.31 bits per heavy atom. The van der Waals surface area contributed by atoms with Gasteiger partial charge in [0.15, 0.2) is 0 Å². The number of rotatable bonds is 6. The SMILES string of the molecule is CCC(CC)(CS)CSc1cccc(Br)c1. The lowest BCUT2D eigenvalue weighted by Gasteiger charge is -2.29. The summed E-state index contributed by atoms with van der Waals surface area (Å²) < 4.78 is 1.15. The summed E-state index contributed by atoms with van der Waals surface area (Å²) in [5.74, 6) is 2.13. The summed E-state index contributed by atoms with van der Waals surface area (Å²) in [6.45, 7) is 4.53. The molecule has 0 bridgehead atoms. The van der Waals surface area contributed by atoms with E-state index in [-0.39, 0.29) is 0 Å². The zero-order valence-corrected chi connectivity index (χ0v) is 13.2. The first kappa shape index (κ1) is 14.5. The van der Waals surface area contributed by atoms with E-state index in [2.05, 4.69) is 66.7 Å². The molecule has 1 aromatic carbocycles. The van der Waals surface area contributed by atoms with E-state index in [1.165, 1.54) is 17.7 Å². The maximum Gasteiger partial charge on any atom is 0.0186 e. The molecule has 3 heteroatoms. The fourth-order valence-corrected chi connectivity index (χ4v) is 4.15. The first-order valence-electron chi connectivity index (χ1n) is 5.65. The van der Waals surface area contributed by atoms with E-state index in [4.69, 9.17) is 0 Å². The van der Waals surface area contributed by atoms with Gasteiger partial charge in [-0.15, -0.1) is 11.8 Å². The van der Waals surface area contributed by atoms with Crippen molar-refractivity contribution in [1.82, 2.24) is 0 Å². The highest BCUT2D eigenvalue weighted by molar-refractivity contribution is 9.10. The number of hydrogen-bond donors (Lipinski definition) is 1. The molecule has 0 aliphatic carbocycles. The van der Waals surface area contributed by atoms with Gasteiger partial charge in [0.25, 0.3) is 0 Å². The fraction of sp³-hybridized carbons (Fsp3) is 0.538. The molecule has 0 aliphatic rings. The highest BCUT2D eigenvalue weighted by Crippen LogP contribution is 2.35. The first-order chi connectivity index (χ1) is 7.65. The van der Waals surface area contributed by atoms with Crippen LogP contribution < -0.4 is 0 Å². The highest BCUT2D eigenvalue weighted by atomic mass is 79.9. The zero-order valence-electron chi connectivity index (χ0n) is 9.87. The quantitative estimate of drug-likeness (QED) is 0.550. The summed E-state index contributed by atoms with van der Waals surface area (Å²) in [6.07, 6.45) is 2.40. The second-order valence-electron chi connectivity index (χ2n) is 4.11. The summed E-state index contributed by atoms with van der Waals surface area (Å²) in [4.78, 5) is 1.34. The molecule has 0 amide bonds. The van der Waals surface area contributed by atoms with Crippen LogP contribution in [-0.4, -0.2) is 11.5 Å². The van der Waals surface area contributed by atoms with Gasteiger partial charge >= 0.3 is 0 Å². The van der Waals surface area contributed by atoms with Crippen LogP contribution in [0.1, 0.15) is 26.7 Å². The second kappa shape index (κ2) is 6.97. The Bertz CT molecular complexity index is 313. The monoisotopic (exact) mass is 318 g/mol. The lowest BCUT2D eigenvalue weighted by atomic mass is 9.87. The molecule has 0 fully saturated rings. The van der Waals surface area contributed by atoms with Gasteiger partial charge in [0, 0.05) is 15.1 Å². The normalized spacial score (nSPS) is 11.8. The smallest absolute Gasteiger partial charge is 0.0186 e. The Kier molecular flexibility index (Phi) is 6.30. The van der Waals surface area contributed by atoms with Crippen molar-refractivity contribution in [3.63, 3.8) is 0 Å². The maximum atomic E-state index is 4.51. The van der Waals surface area contributed by atoms with Gasteiger partial charge in [-0.1, -0.05) is 35.8 Å². The minimum absolute atomic E-state index is 0.385. The van der Waals surface area contributed by atoms with E-state index in [9.17, 15) is 0 Å². The Balaban J connectivity index is 2.62. The molecule has 0 saturated carbocycles. The van der Waals surface area contributed by atoms with E-state index < -0.39 is 0 Å². The van der Waals surface area contributed by atoms with Crippen LogP contribution in [0.25, 0.3) is 0 Å². The molecule has 0 radical (unpaired) electrons. The minimum Gasteiger partial charge on any atom is -0.179 e. The molecule has 0 aromatic heterocycles. The Hall–Kier alpha value is 0.400. The van der Waals surface area contributed by atoms with Gasteiger partial charge in [0.05, 0.1) is 0 Å². The standard InChI is InChI=1S/C13H19BrS2/c1-3-13(4-2,9-15)10-16-12-7-5-6-11(14)8-12/h5-8,15H,3-4,9-10H2,1-2H3. The molecule has 0 atom stereocenters. The minimum atomic E-state index is 0.385. The molecule has 0 nitrogen and oxygen atoms in total. The van der Waals surface area contributed by atoms with E-state index in [1.54, 1.807) is 0 Å². The Morgan fingerprint density at radius 2 is 2.00 bits per heavy atom. The van der Waals surface area contributed by atoms with Crippen molar-refractivity contribution in [2.45, 2.75) is 31.6 Å². The van der Waals surface area contributed by atoms with Crippen molar-refractivity contribution in [3.8, 4) is 0 Å². The van der Waals surface area contributed by atoms with E-state index in [1.807, 2.05) is 11.8 Å². The van der Waals surface area contributed by atoms with Crippen molar-refractivity contribution in [2.24, 2.45) is 5.41 Å². The largest absolute Gasteiger partial charge is 0.179 e. The molecule has 0 heterocycles. The van der Waals surface area contributed by atoms with Gasteiger partial charge in [-0.25, -0.2) is 0 Å². The number of hydrogen-bond acceptors (Lipinski definition) is 2. The predicted octanol–water partition coefficient (Wildman–Crippen LogP) is 5.28. The number of thiol groups is 1. The molecule has 16 heavy (non-hydrogen) atoms. The molecule has 0 spiro atoms. The van der Waals surface area contributed by atoms with Crippen molar-refractivity contribution < 1.29 is 0 Å². The summed E-state index contributed by atoms with van der Waals surface area (Å²) in [7, 11) is 0. The molecule has 0 aliphatic heterocycles. The molecule has 1 aromatic rings. The summed E-state index contributed by atoms with van der Waals surface area (Å²) in [5.41, 5.74) is 0.385. The average Bonchev–Trinajstić information content (AvgIpc) is 2.32. The lowest BCUT2D eigenvalue weighted by molar-refractivity contribution is 0.357. The zero-order chi connectivity index (χ0) is 12.0. The number of benzene rings is 1. The molecule has 1 rings (SSSR count). The summed E-state index contributed by atoms with van der Waals surface area (Å²) >= 11 is 9.95. The van der Waals surface area contributed by atoms with Gasteiger partial charge in [-0.2, -0.15) is 12.6 Å². The average molecular weight is 319 g/mol. The van der Waals surface area contributed by atoms with Gasteiger partial charge < -0.3 is 0 Å². The molecule has 0 saturated heterocycles. The highest BCUT2D eigenvalue weighted by Gasteiger charge is 2.24. The van der Waals surface area contributed by atoms with Gasteiger partial charge in [-0.3, -0.25) is 0 Å². The first-order valence-corrected chi connectivity index (χ1v) is 8.06. The third-order valence-corrected chi connectivity index (χ3v) is 5.68. The van der Waals surface area contributed by atoms with Crippen molar-refractivity contribution in [2.75, 3.05) is 11.5 Å². The Morgan fingerprint density at radius 3 is 2.50 bits per heavy atom. The van der Waals surface area contributed by atoms with Crippen LogP contribution in [0.2, 0.25) is 0 Å². The second-order valence-corrected chi connectivity index (χ2v) is 6.39. The Labute approximate surface area is 117 Å². The molecular weight excluding hydrogens is 300 g/mol. The lowest BCUT2D eigenvalue weighted by Crippen LogP contribution is -2.24. The third-order valence-electron chi connectivity index (χ3n) is 3.18. The molecular formula is C13H19BrS2. The van der Waals surface area contributed by atoms with Crippen LogP contribution in [0.4, 0.5) is 0 Å². The molecule has 0 unspecified atom stereocenters. The maximum absolute atomic E-state index is 4.51. The van der Waals surface area contributed by atoms with Crippen molar-refractivity contribution >= 4 is 40.3 Å². The van der Waals surface area contributed by atoms with E-state index >= 15 is 0 Å². The van der Waals surface area contributed by atoms with Gasteiger partial charge in [-0.05, 0) is 42.2 Å². The van der Waals surface area contributed by atoms with Crippen LogP contribution in [0.15, 0.2) is 33.6 Å². The summed E-state index contributed by atoms with van der Waals surface area (Å²) in [5, 5.41) is 0.